The van der Waals surface area contributed by atoms with Crippen molar-refractivity contribution in [2.75, 3.05) is 0 Å². The molecule has 3 rings (SSSR count). The summed E-state index contributed by atoms with van der Waals surface area (Å²) in [6.45, 7) is -0.210. The van der Waals surface area contributed by atoms with E-state index in [0.717, 1.165) is 5.56 Å². The number of nitrogens with zero attached hydrogens (tertiary/aromatic N) is 3. The molecule has 0 fully saturated rings. The smallest absolute Gasteiger partial charge is 0.254 e. The molecule has 0 radical (unpaired) electrons. The predicted molar refractivity (Wildman–Crippen MR) is 72.9 cm³/mol. The number of fused-ring (bicyclic) bond motifs is 1. The zero-order chi connectivity index (χ0) is 14.1. The largest absolute Gasteiger partial charge is 0.390 e. The minimum Gasteiger partial charge on any atom is -0.390 e. The van der Waals surface area contributed by atoms with Crippen LogP contribution in [0.2, 0.25) is 0 Å². The van der Waals surface area contributed by atoms with Gasteiger partial charge in [0, 0.05) is 5.56 Å². The first-order valence-electron chi connectivity index (χ1n) is 6.04. The molecule has 2 heterocycles. The lowest BCUT2D eigenvalue weighted by Gasteiger charge is -2.06. The second-order valence-electron chi connectivity index (χ2n) is 4.31. The Hall–Kier alpha value is -2.73. The Kier molecular flexibility index (Phi) is 2.92. The molecule has 0 bridgehead atoms. The van der Waals surface area contributed by atoms with Gasteiger partial charge in [-0.25, -0.2) is 9.50 Å². The maximum atomic E-state index is 11.4. The first-order valence-corrected chi connectivity index (χ1v) is 6.04. The standard InChI is InChI=1S/C14H12N4O2/c15-13(20)11-7-16-18-10(8-19)6-12(17-14(11)18)9-4-2-1-3-5-9/h1-7,19H,8H2,(H2,15,20). The van der Waals surface area contributed by atoms with Crippen LogP contribution in [-0.2, 0) is 6.61 Å². The molecule has 0 saturated heterocycles. The second kappa shape index (κ2) is 4.75. The average molecular weight is 268 g/mol. The molecule has 0 aliphatic rings. The van der Waals surface area contributed by atoms with Crippen molar-refractivity contribution in [3.8, 4) is 11.3 Å². The highest BCUT2D eigenvalue weighted by molar-refractivity contribution is 5.98. The number of aromatic nitrogens is 3. The summed E-state index contributed by atoms with van der Waals surface area (Å²) in [6.07, 6.45) is 1.36. The molecule has 0 unspecified atom stereocenters. The third-order valence-electron chi connectivity index (χ3n) is 3.04. The quantitative estimate of drug-likeness (QED) is 0.740. The highest BCUT2D eigenvalue weighted by Crippen LogP contribution is 2.21. The Morgan fingerprint density at radius 1 is 1.30 bits per heavy atom. The van der Waals surface area contributed by atoms with Gasteiger partial charge in [-0.3, -0.25) is 4.79 Å². The van der Waals surface area contributed by atoms with E-state index in [2.05, 4.69) is 10.1 Å². The number of carbonyl (C=O) groups excluding carboxylic acids is 1. The van der Waals surface area contributed by atoms with Crippen LogP contribution in [0, 0.1) is 0 Å². The van der Waals surface area contributed by atoms with Gasteiger partial charge < -0.3 is 10.8 Å². The molecule has 1 amide bonds. The van der Waals surface area contributed by atoms with Gasteiger partial charge in [-0.1, -0.05) is 30.3 Å². The zero-order valence-corrected chi connectivity index (χ0v) is 10.5. The number of benzene rings is 1. The fourth-order valence-electron chi connectivity index (χ4n) is 2.07. The lowest BCUT2D eigenvalue weighted by molar-refractivity contribution is 0.100. The fraction of sp³-hybridized carbons (Fsp3) is 0.0714. The molecule has 0 aliphatic carbocycles. The van der Waals surface area contributed by atoms with Crippen LogP contribution in [0.1, 0.15) is 16.1 Å². The molecule has 6 nitrogen and oxygen atoms in total. The Balaban J connectivity index is 2.30. The predicted octanol–water partition coefficient (Wildman–Crippen LogP) is 0.988. The van der Waals surface area contributed by atoms with Crippen LogP contribution >= 0.6 is 0 Å². The summed E-state index contributed by atoms with van der Waals surface area (Å²) in [5, 5.41) is 13.5. The van der Waals surface area contributed by atoms with Gasteiger partial charge >= 0.3 is 0 Å². The number of aliphatic hydroxyl groups excluding tert-OH is 1. The summed E-state index contributed by atoms with van der Waals surface area (Å²) in [7, 11) is 0. The number of carbonyl (C=O) groups is 1. The van der Waals surface area contributed by atoms with E-state index in [9.17, 15) is 9.90 Å². The van der Waals surface area contributed by atoms with Crippen LogP contribution in [0.5, 0.6) is 0 Å². The minimum atomic E-state index is -0.596. The van der Waals surface area contributed by atoms with Gasteiger partial charge in [0.2, 0.25) is 0 Å². The molecule has 3 N–H and O–H groups in total. The van der Waals surface area contributed by atoms with Gasteiger partial charge in [0.25, 0.3) is 5.91 Å². The van der Waals surface area contributed by atoms with Crippen molar-refractivity contribution in [2.24, 2.45) is 5.73 Å². The summed E-state index contributed by atoms with van der Waals surface area (Å²) in [4.78, 5) is 15.8. The van der Waals surface area contributed by atoms with Crippen molar-refractivity contribution < 1.29 is 9.90 Å². The average Bonchev–Trinajstić information content (AvgIpc) is 2.91. The third kappa shape index (κ3) is 1.92. The number of rotatable bonds is 3. The summed E-state index contributed by atoms with van der Waals surface area (Å²) in [5.74, 6) is -0.596. The van der Waals surface area contributed by atoms with E-state index in [1.807, 2.05) is 30.3 Å². The van der Waals surface area contributed by atoms with E-state index in [1.54, 1.807) is 6.07 Å². The fourth-order valence-corrected chi connectivity index (χ4v) is 2.07. The number of hydrogen-bond acceptors (Lipinski definition) is 4. The SMILES string of the molecule is NC(=O)c1cnn2c(CO)cc(-c3ccccc3)nc12. The Morgan fingerprint density at radius 3 is 2.70 bits per heavy atom. The molecule has 0 spiro atoms. The molecule has 20 heavy (non-hydrogen) atoms. The lowest BCUT2D eigenvalue weighted by Crippen LogP contribution is -2.11. The monoisotopic (exact) mass is 268 g/mol. The molecule has 100 valence electrons. The molecular formula is C14H12N4O2. The summed E-state index contributed by atoms with van der Waals surface area (Å²) in [6, 6.07) is 11.2. The minimum absolute atomic E-state index is 0.210. The Bertz CT molecular complexity index is 780. The normalized spacial score (nSPS) is 10.8. The number of primary amides is 1. The lowest BCUT2D eigenvalue weighted by atomic mass is 10.1. The number of aliphatic hydroxyl groups is 1. The van der Waals surface area contributed by atoms with Crippen molar-refractivity contribution in [1.29, 1.82) is 0 Å². The molecule has 3 aromatic rings. The van der Waals surface area contributed by atoms with Crippen molar-refractivity contribution in [2.45, 2.75) is 6.61 Å². The van der Waals surface area contributed by atoms with Crippen LogP contribution in [0.3, 0.4) is 0 Å². The van der Waals surface area contributed by atoms with Gasteiger partial charge in [-0.2, -0.15) is 5.10 Å². The molecule has 0 atom stereocenters. The molecule has 0 saturated carbocycles. The van der Waals surface area contributed by atoms with Crippen LogP contribution in [0.4, 0.5) is 0 Å². The third-order valence-corrected chi connectivity index (χ3v) is 3.04. The summed E-state index contributed by atoms with van der Waals surface area (Å²) >= 11 is 0. The first-order chi connectivity index (χ1) is 9.70. The van der Waals surface area contributed by atoms with E-state index in [-0.39, 0.29) is 12.2 Å². The van der Waals surface area contributed by atoms with Crippen LogP contribution < -0.4 is 5.73 Å². The Morgan fingerprint density at radius 2 is 2.05 bits per heavy atom. The summed E-state index contributed by atoms with van der Waals surface area (Å²) < 4.78 is 1.42. The number of hydrogen-bond donors (Lipinski definition) is 2. The molecule has 2 aromatic heterocycles. The molecule has 0 aliphatic heterocycles. The number of amides is 1. The number of nitrogens with two attached hydrogens (primary N) is 1. The van der Waals surface area contributed by atoms with Crippen LogP contribution in [0.25, 0.3) is 16.9 Å². The van der Waals surface area contributed by atoms with Crippen molar-refractivity contribution in [1.82, 2.24) is 14.6 Å². The maximum Gasteiger partial charge on any atom is 0.254 e. The Labute approximate surface area is 114 Å². The van der Waals surface area contributed by atoms with Gasteiger partial charge in [0.15, 0.2) is 5.65 Å². The van der Waals surface area contributed by atoms with Gasteiger partial charge in [-0.15, -0.1) is 0 Å². The van der Waals surface area contributed by atoms with E-state index < -0.39 is 5.91 Å². The van der Waals surface area contributed by atoms with E-state index in [1.165, 1.54) is 10.7 Å². The van der Waals surface area contributed by atoms with Gasteiger partial charge in [-0.05, 0) is 6.07 Å². The van der Waals surface area contributed by atoms with E-state index >= 15 is 0 Å². The second-order valence-corrected chi connectivity index (χ2v) is 4.31. The van der Waals surface area contributed by atoms with Crippen molar-refractivity contribution >= 4 is 11.6 Å². The van der Waals surface area contributed by atoms with Gasteiger partial charge in [0.1, 0.15) is 5.56 Å². The van der Waals surface area contributed by atoms with Crippen LogP contribution in [-0.4, -0.2) is 25.6 Å². The van der Waals surface area contributed by atoms with Gasteiger partial charge in [0.05, 0.1) is 24.2 Å². The van der Waals surface area contributed by atoms with E-state index in [0.29, 0.717) is 17.0 Å². The first kappa shape index (κ1) is 12.3. The summed E-state index contributed by atoms with van der Waals surface area (Å²) in [5.41, 5.74) is 7.98. The van der Waals surface area contributed by atoms with Crippen LogP contribution in [0.15, 0.2) is 42.6 Å². The molecular weight excluding hydrogens is 256 g/mol. The van der Waals surface area contributed by atoms with Crippen molar-refractivity contribution in [3.63, 3.8) is 0 Å². The maximum absolute atomic E-state index is 11.4. The van der Waals surface area contributed by atoms with E-state index in [4.69, 9.17) is 5.73 Å². The highest BCUT2D eigenvalue weighted by atomic mass is 16.3. The zero-order valence-electron chi connectivity index (χ0n) is 10.5. The highest BCUT2D eigenvalue weighted by Gasteiger charge is 2.15. The van der Waals surface area contributed by atoms with Crippen molar-refractivity contribution in [3.05, 3.63) is 53.9 Å². The topological polar surface area (TPSA) is 93.5 Å². The molecule has 1 aromatic carbocycles. The molecule has 6 heteroatoms.